The van der Waals surface area contributed by atoms with Crippen molar-refractivity contribution in [3.63, 3.8) is 0 Å². The molecule has 4 heteroatoms. The van der Waals surface area contributed by atoms with Gasteiger partial charge >= 0.3 is 0 Å². The average molecular weight is 116 g/mol. The van der Waals surface area contributed by atoms with Crippen LogP contribution in [0, 0.1) is 0 Å². The Hall–Kier alpha value is 0.309. The SMILES string of the molecule is F.F.F.[Fe]. The number of halogens is 3. The zero-order valence-corrected chi connectivity index (χ0v) is 2.68. The van der Waals surface area contributed by atoms with E-state index in [1.807, 2.05) is 0 Å². The summed E-state index contributed by atoms with van der Waals surface area (Å²) in [6, 6.07) is 0. The minimum absolute atomic E-state index is 0. The largest absolute Gasteiger partial charge is 0.269 e. The molecule has 0 fully saturated rings. The summed E-state index contributed by atoms with van der Waals surface area (Å²) in [6.45, 7) is 0. The van der Waals surface area contributed by atoms with E-state index in [1.165, 1.54) is 0 Å². The van der Waals surface area contributed by atoms with Gasteiger partial charge in [-0.05, 0) is 0 Å². The summed E-state index contributed by atoms with van der Waals surface area (Å²) in [4.78, 5) is 0. The first-order valence-corrected chi connectivity index (χ1v) is 0. The Morgan fingerprint density at radius 1 is 0.500 bits per heavy atom. The minimum atomic E-state index is 0. The Morgan fingerprint density at radius 3 is 0.500 bits per heavy atom. The summed E-state index contributed by atoms with van der Waals surface area (Å²) >= 11 is 0. The van der Waals surface area contributed by atoms with Crippen LogP contribution in [0.1, 0.15) is 0 Å². The Kier molecular flexibility index (Phi) is 22700. The molecule has 0 saturated heterocycles. The van der Waals surface area contributed by atoms with Gasteiger partial charge < -0.3 is 0 Å². The molecule has 0 N–H and O–H groups in total. The molecule has 0 atom stereocenters. The fourth-order valence-electron chi connectivity index (χ4n) is 0. The molecule has 0 bridgehead atoms. The summed E-state index contributed by atoms with van der Waals surface area (Å²) in [5.41, 5.74) is 0. The molecule has 0 spiro atoms. The zero-order chi connectivity index (χ0) is 0. The molecule has 0 aliphatic heterocycles. The van der Waals surface area contributed by atoms with Crippen molar-refractivity contribution in [2.45, 2.75) is 0 Å². The van der Waals surface area contributed by atoms with Gasteiger partial charge in [-0.2, -0.15) is 0 Å². The second-order valence-corrected chi connectivity index (χ2v) is 0. The first-order valence-electron chi connectivity index (χ1n) is 0. The van der Waals surface area contributed by atoms with Crippen LogP contribution in [0.4, 0.5) is 14.1 Å². The normalized spacial score (nSPS) is 0. The van der Waals surface area contributed by atoms with Gasteiger partial charge in [0.05, 0.1) is 0 Å². The fraction of sp³-hybridized carbons (Fsp3) is 0. The van der Waals surface area contributed by atoms with E-state index in [-0.39, 0.29) is 31.2 Å². The predicted octanol–water partition coefficient (Wildman–Crippen LogP) is 0.455. The molecule has 0 heterocycles. The summed E-state index contributed by atoms with van der Waals surface area (Å²) in [5.74, 6) is 0. The molecule has 0 aromatic rings. The quantitative estimate of drug-likeness (QED) is 0.403. The second kappa shape index (κ2) is 184. The molecule has 4 heavy (non-hydrogen) atoms. The van der Waals surface area contributed by atoms with E-state index in [0.29, 0.717) is 0 Å². The third-order valence-corrected chi connectivity index (χ3v) is 0. The molecule has 0 amide bonds. The third kappa shape index (κ3) is 41.3. The Labute approximate surface area is 32.2 Å². The average Bonchev–Trinajstić information content (AvgIpc) is 0. The molecule has 0 aromatic carbocycles. The topological polar surface area (TPSA) is 0 Å². The van der Waals surface area contributed by atoms with Crippen molar-refractivity contribution >= 4 is 0 Å². The molecule has 0 nitrogen and oxygen atoms in total. The van der Waals surface area contributed by atoms with E-state index in [4.69, 9.17) is 0 Å². The van der Waals surface area contributed by atoms with Crippen molar-refractivity contribution in [1.29, 1.82) is 0 Å². The maximum atomic E-state index is 0. The van der Waals surface area contributed by atoms with Gasteiger partial charge in [0.15, 0.2) is 0 Å². The van der Waals surface area contributed by atoms with Gasteiger partial charge in [-0.25, -0.2) is 0 Å². The van der Waals surface area contributed by atoms with E-state index < -0.39 is 0 Å². The molecular formula is H3F3Fe. The first kappa shape index (κ1) is 493. The van der Waals surface area contributed by atoms with Crippen molar-refractivity contribution < 1.29 is 31.2 Å². The van der Waals surface area contributed by atoms with E-state index >= 15 is 0 Å². The summed E-state index contributed by atoms with van der Waals surface area (Å²) in [7, 11) is 0. The minimum Gasteiger partial charge on any atom is -0.269 e. The molecule has 0 aromatic heterocycles. The molecular weight excluding hydrogens is 113 g/mol. The fourth-order valence-corrected chi connectivity index (χ4v) is 0. The third-order valence-electron chi connectivity index (χ3n) is 0. The maximum absolute atomic E-state index is 0. The zero-order valence-electron chi connectivity index (χ0n) is 1.58. The van der Waals surface area contributed by atoms with Crippen LogP contribution in [0.15, 0.2) is 0 Å². The second-order valence-electron chi connectivity index (χ2n) is 0. The molecule has 0 aliphatic carbocycles. The van der Waals surface area contributed by atoms with Gasteiger partial charge in [0.25, 0.3) is 0 Å². The summed E-state index contributed by atoms with van der Waals surface area (Å²) in [5, 5.41) is 0. The molecule has 0 rings (SSSR count). The summed E-state index contributed by atoms with van der Waals surface area (Å²) < 4.78 is 0. The van der Waals surface area contributed by atoms with Crippen LogP contribution in [0.5, 0.6) is 0 Å². The van der Waals surface area contributed by atoms with Crippen LogP contribution in [0.2, 0.25) is 0 Å². The van der Waals surface area contributed by atoms with Crippen molar-refractivity contribution in [3.05, 3.63) is 0 Å². The number of hydrogen-bond acceptors (Lipinski definition) is 0. The van der Waals surface area contributed by atoms with Crippen molar-refractivity contribution in [2.24, 2.45) is 0 Å². The van der Waals surface area contributed by atoms with Gasteiger partial charge in [0.2, 0.25) is 0 Å². The molecule has 0 radical (unpaired) electrons. The van der Waals surface area contributed by atoms with Crippen LogP contribution in [0.3, 0.4) is 0 Å². The van der Waals surface area contributed by atoms with Crippen LogP contribution < -0.4 is 0 Å². The monoisotopic (exact) mass is 116 g/mol. The van der Waals surface area contributed by atoms with E-state index in [9.17, 15) is 0 Å². The van der Waals surface area contributed by atoms with Gasteiger partial charge in [-0.15, -0.1) is 0 Å². The van der Waals surface area contributed by atoms with Crippen molar-refractivity contribution in [3.8, 4) is 0 Å². The Morgan fingerprint density at radius 2 is 0.500 bits per heavy atom. The molecule has 0 aliphatic rings. The van der Waals surface area contributed by atoms with E-state index in [2.05, 4.69) is 0 Å². The number of rotatable bonds is 0. The van der Waals surface area contributed by atoms with Crippen LogP contribution >= 0.6 is 0 Å². The summed E-state index contributed by atoms with van der Waals surface area (Å²) in [6.07, 6.45) is 0. The van der Waals surface area contributed by atoms with Crippen molar-refractivity contribution in [1.82, 2.24) is 0 Å². The molecule has 32 valence electrons. The maximum Gasteiger partial charge on any atom is 0 e. The molecule has 0 saturated carbocycles. The van der Waals surface area contributed by atoms with Gasteiger partial charge in [0.1, 0.15) is 0 Å². The van der Waals surface area contributed by atoms with Gasteiger partial charge in [0, 0.05) is 17.1 Å². The van der Waals surface area contributed by atoms with Crippen molar-refractivity contribution in [2.75, 3.05) is 0 Å². The van der Waals surface area contributed by atoms with Crippen LogP contribution in [0.25, 0.3) is 0 Å². The predicted molar refractivity (Wildman–Crippen MR) is 7.51 cm³/mol. The van der Waals surface area contributed by atoms with E-state index in [1.54, 1.807) is 0 Å². The van der Waals surface area contributed by atoms with E-state index in [0.717, 1.165) is 0 Å². The Bertz CT molecular complexity index is 3.25. The van der Waals surface area contributed by atoms with Gasteiger partial charge in [-0.3, -0.25) is 14.1 Å². The standard InChI is InChI=1S/3FH.Fe/h3*1H;. The van der Waals surface area contributed by atoms with Gasteiger partial charge in [-0.1, -0.05) is 0 Å². The number of hydrogen-bond donors (Lipinski definition) is 0. The molecule has 0 unspecified atom stereocenters. The van der Waals surface area contributed by atoms with Crippen LogP contribution in [-0.2, 0) is 17.1 Å². The Balaban J connectivity index is 0. The smallest absolute Gasteiger partial charge is 0 e. The first-order chi connectivity index (χ1) is 0. The van der Waals surface area contributed by atoms with Crippen LogP contribution in [-0.4, -0.2) is 0 Å².